The van der Waals surface area contributed by atoms with Crippen molar-refractivity contribution in [1.82, 2.24) is 0 Å². The Morgan fingerprint density at radius 1 is 1.17 bits per heavy atom. The van der Waals surface area contributed by atoms with Crippen LogP contribution in [0.5, 0.6) is 5.75 Å². The summed E-state index contributed by atoms with van der Waals surface area (Å²) in [7, 11) is 3.02. The monoisotopic (exact) mass is 314 g/mol. The fourth-order valence-electron chi connectivity index (χ4n) is 4.24. The molecule has 0 heterocycles. The molecule has 0 radical (unpaired) electrons. The molecule has 2 aliphatic carbocycles. The van der Waals surface area contributed by atoms with E-state index in [9.17, 15) is 9.59 Å². The number of rotatable bonds is 2. The first kappa shape index (κ1) is 15.8. The highest BCUT2D eigenvalue weighted by atomic mass is 16.5. The summed E-state index contributed by atoms with van der Waals surface area (Å²) in [5.74, 6) is 0.408. The molecule has 4 heteroatoms. The minimum atomic E-state index is -0.752. The second-order valence-electron chi connectivity index (χ2n) is 6.84. The molecule has 1 fully saturated rings. The van der Waals surface area contributed by atoms with E-state index in [-0.39, 0.29) is 17.2 Å². The Bertz CT molecular complexity index is 718. The number of carbonyl (C=O) groups excluding carboxylic acids is 2. The number of fused-ring (bicyclic) bond motifs is 3. The first-order chi connectivity index (χ1) is 10.9. The topological polar surface area (TPSA) is 52.6 Å². The first-order valence-electron chi connectivity index (χ1n) is 7.91. The number of esters is 1. The Kier molecular flexibility index (Phi) is 3.58. The maximum Gasteiger partial charge on any atom is 0.315 e. The summed E-state index contributed by atoms with van der Waals surface area (Å²) in [5, 5.41) is 0. The number of benzene rings is 1. The van der Waals surface area contributed by atoms with Crippen LogP contribution >= 0.6 is 0 Å². The van der Waals surface area contributed by atoms with Gasteiger partial charge in [-0.05, 0) is 55.2 Å². The fraction of sp³-hybridized carbons (Fsp3) is 0.474. The van der Waals surface area contributed by atoms with E-state index in [0.29, 0.717) is 12.0 Å². The molecule has 0 amide bonds. The summed E-state index contributed by atoms with van der Waals surface area (Å²) in [5.41, 5.74) is 1.42. The summed E-state index contributed by atoms with van der Waals surface area (Å²) in [4.78, 5) is 25.0. The average molecular weight is 314 g/mol. The highest BCUT2D eigenvalue weighted by Crippen LogP contribution is 2.55. The van der Waals surface area contributed by atoms with Gasteiger partial charge in [-0.15, -0.1) is 0 Å². The summed E-state index contributed by atoms with van der Waals surface area (Å²) in [6, 6.07) is 5.56. The Balaban J connectivity index is 2.22. The van der Waals surface area contributed by atoms with E-state index in [1.807, 2.05) is 19.1 Å². The largest absolute Gasteiger partial charge is 0.497 e. The van der Waals surface area contributed by atoms with E-state index in [1.54, 1.807) is 19.3 Å². The Hall–Kier alpha value is -2.10. The highest BCUT2D eigenvalue weighted by molar-refractivity contribution is 6.09. The number of allylic oxidation sites excluding steroid dienone is 1. The number of ether oxygens (including phenoxy) is 2. The number of methoxy groups -OCH3 is 2. The van der Waals surface area contributed by atoms with Crippen molar-refractivity contribution in [3.63, 3.8) is 0 Å². The van der Waals surface area contributed by atoms with E-state index >= 15 is 0 Å². The van der Waals surface area contributed by atoms with Crippen LogP contribution in [0.4, 0.5) is 0 Å². The number of ketones is 1. The zero-order valence-corrected chi connectivity index (χ0v) is 14.1. The molecule has 1 aromatic carbocycles. The summed E-state index contributed by atoms with van der Waals surface area (Å²) < 4.78 is 10.4. The van der Waals surface area contributed by atoms with Crippen molar-refractivity contribution in [2.45, 2.75) is 38.5 Å². The quantitative estimate of drug-likeness (QED) is 0.785. The molecule has 0 N–H and O–H groups in total. The van der Waals surface area contributed by atoms with Gasteiger partial charge in [-0.3, -0.25) is 9.59 Å². The van der Waals surface area contributed by atoms with Crippen LogP contribution < -0.4 is 4.74 Å². The van der Waals surface area contributed by atoms with Crippen LogP contribution in [0.15, 0.2) is 29.8 Å². The van der Waals surface area contributed by atoms with Crippen LogP contribution in [0.1, 0.15) is 49.0 Å². The van der Waals surface area contributed by atoms with Crippen LogP contribution in [0.25, 0.3) is 0 Å². The lowest BCUT2D eigenvalue weighted by Gasteiger charge is -2.48. The predicted molar refractivity (Wildman–Crippen MR) is 86.7 cm³/mol. The molecule has 0 bridgehead atoms. The maximum atomic E-state index is 12.6. The SMILES string of the molecule is COC(=O)C1(C)CCCC2(C)C1=CC(=O)c1ccc(OC)cc12. The van der Waals surface area contributed by atoms with Gasteiger partial charge in [-0.25, -0.2) is 0 Å². The van der Waals surface area contributed by atoms with Gasteiger partial charge in [0.15, 0.2) is 5.78 Å². The molecule has 4 nitrogen and oxygen atoms in total. The normalized spacial score (nSPS) is 29.2. The van der Waals surface area contributed by atoms with Crippen molar-refractivity contribution >= 4 is 11.8 Å². The minimum Gasteiger partial charge on any atom is -0.497 e. The fourth-order valence-corrected chi connectivity index (χ4v) is 4.24. The third kappa shape index (κ3) is 2.12. The molecule has 1 aromatic rings. The molecule has 0 saturated heterocycles. The Labute approximate surface area is 136 Å². The second-order valence-corrected chi connectivity index (χ2v) is 6.84. The van der Waals surface area contributed by atoms with Crippen molar-refractivity contribution < 1.29 is 19.1 Å². The lowest BCUT2D eigenvalue weighted by molar-refractivity contribution is -0.151. The number of hydrogen-bond acceptors (Lipinski definition) is 4. The summed E-state index contributed by atoms with van der Waals surface area (Å²) >= 11 is 0. The molecular formula is C19H22O4. The van der Waals surface area contributed by atoms with E-state index < -0.39 is 5.41 Å². The second kappa shape index (κ2) is 5.22. The summed E-state index contributed by atoms with van der Waals surface area (Å²) in [6.45, 7) is 4.00. The van der Waals surface area contributed by atoms with Crippen molar-refractivity contribution in [1.29, 1.82) is 0 Å². The van der Waals surface area contributed by atoms with Crippen LogP contribution in [-0.2, 0) is 14.9 Å². The van der Waals surface area contributed by atoms with Gasteiger partial charge in [-0.2, -0.15) is 0 Å². The number of carbonyl (C=O) groups is 2. The van der Waals surface area contributed by atoms with E-state index in [0.717, 1.165) is 29.7 Å². The lowest BCUT2D eigenvalue weighted by atomic mass is 9.54. The van der Waals surface area contributed by atoms with Crippen molar-refractivity contribution in [3.05, 3.63) is 41.0 Å². The van der Waals surface area contributed by atoms with Crippen LogP contribution in [-0.4, -0.2) is 26.0 Å². The molecule has 2 atom stereocenters. The first-order valence-corrected chi connectivity index (χ1v) is 7.91. The van der Waals surface area contributed by atoms with Gasteiger partial charge in [-0.1, -0.05) is 13.3 Å². The van der Waals surface area contributed by atoms with Gasteiger partial charge in [0.2, 0.25) is 0 Å². The van der Waals surface area contributed by atoms with E-state index in [4.69, 9.17) is 9.47 Å². The molecule has 0 aromatic heterocycles. The van der Waals surface area contributed by atoms with E-state index in [2.05, 4.69) is 6.92 Å². The average Bonchev–Trinajstić information content (AvgIpc) is 2.56. The van der Waals surface area contributed by atoms with Gasteiger partial charge < -0.3 is 9.47 Å². The van der Waals surface area contributed by atoms with Gasteiger partial charge >= 0.3 is 5.97 Å². The molecule has 0 spiro atoms. The van der Waals surface area contributed by atoms with Gasteiger partial charge in [0.05, 0.1) is 19.6 Å². The third-order valence-electron chi connectivity index (χ3n) is 5.54. The van der Waals surface area contributed by atoms with Crippen molar-refractivity contribution in [3.8, 4) is 5.75 Å². The van der Waals surface area contributed by atoms with Crippen LogP contribution in [0, 0.1) is 5.41 Å². The predicted octanol–water partition coefficient (Wildman–Crippen LogP) is 3.44. The Morgan fingerprint density at radius 3 is 2.57 bits per heavy atom. The molecule has 0 aliphatic heterocycles. The molecular weight excluding hydrogens is 292 g/mol. The molecule has 2 aliphatic rings. The highest BCUT2D eigenvalue weighted by Gasteiger charge is 2.52. The van der Waals surface area contributed by atoms with Crippen molar-refractivity contribution in [2.24, 2.45) is 5.41 Å². The zero-order valence-electron chi connectivity index (χ0n) is 14.1. The minimum absolute atomic E-state index is 0.0489. The molecule has 1 saturated carbocycles. The standard InChI is InChI=1S/C19H22O4/c1-18-8-5-9-19(2,17(21)23-4)16(18)11-15(20)13-7-6-12(22-3)10-14(13)18/h6-7,10-11H,5,8-9H2,1-4H3. The van der Waals surface area contributed by atoms with Gasteiger partial charge in [0.25, 0.3) is 0 Å². The van der Waals surface area contributed by atoms with Crippen LogP contribution in [0.2, 0.25) is 0 Å². The number of hydrogen-bond donors (Lipinski definition) is 0. The zero-order chi connectivity index (χ0) is 16.8. The third-order valence-corrected chi connectivity index (χ3v) is 5.54. The van der Waals surface area contributed by atoms with E-state index in [1.165, 1.54) is 7.11 Å². The molecule has 2 unspecified atom stereocenters. The smallest absolute Gasteiger partial charge is 0.315 e. The lowest BCUT2D eigenvalue weighted by Crippen LogP contribution is -2.46. The summed E-state index contributed by atoms with van der Waals surface area (Å²) in [6.07, 6.45) is 4.17. The molecule has 3 rings (SSSR count). The maximum absolute atomic E-state index is 12.6. The van der Waals surface area contributed by atoms with Crippen LogP contribution in [0.3, 0.4) is 0 Å². The Morgan fingerprint density at radius 2 is 1.91 bits per heavy atom. The van der Waals surface area contributed by atoms with Gasteiger partial charge in [0.1, 0.15) is 5.75 Å². The van der Waals surface area contributed by atoms with Gasteiger partial charge in [0, 0.05) is 11.0 Å². The molecule has 23 heavy (non-hydrogen) atoms. The molecule has 122 valence electrons. The van der Waals surface area contributed by atoms with Crippen molar-refractivity contribution in [2.75, 3.05) is 14.2 Å².